The molecule has 4 nitrogen and oxygen atoms in total. The quantitative estimate of drug-likeness (QED) is 0.895. The van der Waals surface area contributed by atoms with E-state index in [-0.39, 0.29) is 11.3 Å². The molecule has 2 rings (SSSR count). The van der Waals surface area contributed by atoms with E-state index in [1.807, 2.05) is 32.9 Å². The summed E-state index contributed by atoms with van der Waals surface area (Å²) in [6.07, 6.45) is 2.61. The minimum Gasteiger partial charge on any atom is -0.325 e. The lowest BCUT2D eigenvalue weighted by Gasteiger charge is -2.25. The monoisotopic (exact) mass is 289 g/mol. The molecule has 1 aromatic carbocycles. The Labute approximate surface area is 127 Å². The highest BCUT2D eigenvalue weighted by atomic mass is 16.2. The maximum atomic E-state index is 12.1. The summed E-state index contributed by atoms with van der Waals surface area (Å²) in [6.45, 7) is 9.29. The number of rotatable bonds is 4. The van der Waals surface area contributed by atoms with Crippen LogP contribution in [0.4, 0.5) is 5.69 Å². The van der Waals surface area contributed by atoms with Gasteiger partial charge in [0, 0.05) is 12.2 Å². The van der Waals surface area contributed by atoms with Crippen molar-refractivity contribution in [2.75, 3.05) is 18.4 Å². The van der Waals surface area contributed by atoms with E-state index in [9.17, 15) is 4.79 Å². The smallest absolute Gasteiger partial charge is 0.241 e. The fraction of sp³-hybridized carbons (Fsp3) is 0.588. The number of anilines is 1. The topological polar surface area (TPSA) is 58.4 Å². The molecule has 1 aliphatic heterocycles. The second-order valence-electron chi connectivity index (χ2n) is 7.01. The lowest BCUT2D eigenvalue weighted by molar-refractivity contribution is -0.119. The molecular formula is C17H27N3O. The van der Waals surface area contributed by atoms with Gasteiger partial charge in [-0.1, -0.05) is 32.9 Å². The van der Waals surface area contributed by atoms with Crippen LogP contribution in [0.2, 0.25) is 0 Å². The molecule has 116 valence electrons. The lowest BCUT2D eigenvalue weighted by atomic mass is 9.87. The Hall–Kier alpha value is -1.39. The number of hydrogen-bond donors (Lipinski definition) is 2. The summed E-state index contributed by atoms with van der Waals surface area (Å²) >= 11 is 0. The Morgan fingerprint density at radius 2 is 1.81 bits per heavy atom. The highest BCUT2D eigenvalue weighted by molar-refractivity contribution is 5.95. The van der Waals surface area contributed by atoms with Crippen LogP contribution >= 0.6 is 0 Å². The molecule has 0 unspecified atom stereocenters. The number of nitrogens with two attached hydrogens (primary N) is 1. The van der Waals surface area contributed by atoms with Gasteiger partial charge in [-0.2, -0.15) is 0 Å². The standard InChI is InChI=1S/C17H27N3O/c1-17(2,3)15(18)16(21)19-14-8-6-13(7-9-14)12-20-10-4-5-11-20/h6-9,15H,4-5,10-12,18H2,1-3H3,(H,19,21)/t15-/m1/s1. The van der Waals surface area contributed by atoms with Crippen molar-refractivity contribution in [3.63, 3.8) is 0 Å². The third kappa shape index (κ3) is 4.55. The first-order valence-electron chi connectivity index (χ1n) is 7.74. The number of hydrogen-bond acceptors (Lipinski definition) is 3. The number of nitrogens with one attached hydrogen (secondary N) is 1. The largest absolute Gasteiger partial charge is 0.325 e. The van der Waals surface area contributed by atoms with Crippen LogP contribution in [-0.4, -0.2) is 29.9 Å². The maximum absolute atomic E-state index is 12.1. The number of amides is 1. The van der Waals surface area contributed by atoms with Crippen molar-refractivity contribution in [2.45, 2.75) is 46.2 Å². The highest BCUT2D eigenvalue weighted by Crippen LogP contribution is 2.20. The van der Waals surface area contributed by atoms with Gasteiger partial charge >= 0.3 is 0 Å². The predicted octanol–water partition coefficient (Wildman–Crippen LogP) is 2.59. The lowest BCUT2D eigenvalue weighted by Crippen LogP contribution is -2.45. The van der Waals surface area contributed by atoms with Crippen LogP contribution in [0, 0.1) is 5.41 Å². The summed E-state index contributed by atoms with van der Waals surface area (Å²) in [5, 5.41) is 2.89. The fourth-order valence-electron chi connectivity index (χ4n) is 2.51. The van der Waals surface area contributed by atoms with Crippen LogP contribution in [0.25, 0.3) is 0 Å². The zero-order valence-electron chi connectivity index (χ0n) is 13.4. The van der Waals surface area contributed by atoms with Crippen molar-refractivity contribution in [1.29, 1.82) is 0 Å². The van der Waals surface area contributed by atoms with E-state index in [1.54, 1.807) is 0 Å². The van der Waals surface area contributed by atoms with Gasteiger partial charge in [0.05, 0.1) is 6.04 Å². The predicted molar refractivity (Wildman–Crippen MR) is 87.0 cm³/mol. The summed E-state index contributed by atoms with van der Waals surface area (Å²) in [7, 11) is 0. The van der Waals surface area contributed by atoms with E-state index in [2.05, 4.69) is 22.3 Å². The SMILES string of the molecule is CC(C)(C)[C@H](N)C(=O)Nc1ccc(CN2CCCC2)cc1. The van der Waals surface area contributed by atoms with Crippen LogP contribution in [0.5, 0.6) is 0 Å². The molecule has 1 aliphatic rings. The van der Waals surface area contributed by atoms with Crippen LogP contribution in [0.3, 0.4) is 0 Å². The van der Waals surface area contributed by atoms with E-state index in [1.165, 1.54) is 31.5 Å². The van der Waals surface area contributed by atoms with Gasteiger partial charge in [0.25, 0.3) is 0 Å². The second-order valence-corrected chi connectivity index (χ2v) is 7.01. The third-order valence-electron chi connectivity index (χ3n) is 4.04. The molecule has 1 saturated heterocycles. The zero-order valence-corrected chi connectivity index (χ0v) is 13.4. The van der Waals surface area contributed by atoms with Gasteiger partial charge in [-0.3, -0.25) is 9.69 Å². The molecular weight excluding hydrogens is 262 g/mol. The number of benzene rings is 1. The van der Waals surface area contributed by atoms with Crippen molar-refractivity contribution in [1.82, 2.24) is 4.90 Å². The molecule has 1 fully saturated rings. The van der Waals surface area contributed by atoms with Gasteiger partial charge in [0.2, 0.25) is 5.91 Å². The highest BCUT2D eigenvalue weighted by Gasteiger charge is 2.27. The van der Waals surface area contributed by atoms with Crippen LogP contribution < -0.4 is 11.1 Å². The molecule has 3 N–H and O–H groups in total. The van der Waals surface area contributed by atoms with E-state index < -0.39 is 6.04 Å². The minimum absolute atomic E-state index is 0.130. The summed E-state index contributed by atoms with van der Waals surface area (Å²) in [6, 6.07) is 7.56. The molecule has 0 spiro atoms. The molecule has 0 aromatic heterocycles. The van der Waals surface area contributed by atoms with Gasteiger partial charge in [0.1, 0.15) is 0 Å². The number of carbonyl (C=O) groups is 1. The number of carbonyl (C=O) groups excluding carboxylic acids is 1. The van der Waals surface area contributed by atoms with E-state index in [0.29, 0.717) is 0 Å². The number of nitrogens with zero attached hydrogens (tertiary/aromatic N) is 1. The summed E-state index contributed by atoms with van der Waals surface area (Å²) in [4.78, 5) is 14.5. The molecule has 1 heterocycles. The number of likely N-dealkylation sites (tertiary alicyclic amines) is 1. The fourth-order valence-corrected chi connectivity index (χ4v) is 2.51. The Balaban J connectivity index is 1.91. The van der Waals surface area contributed by atoms with Crippen LogP contribution in [-0.2, 0) is 11.3 Å². The van der Waals surface area contributed by atoms with Crippen molar-refractivity contribution >= 4 is 11.6 Å². The molecule has 0 aliphatic carbocycles. The van der Waals surface area contributed by atoms with Crippen LogP contribution in [0.1, 0.15) is 39.2 Å². The first-order valence-corrected chi connectivity index (χ1v) is 7.74. The normalized spacial score (nSPS) is 17.7. The molecule has 1 amide bonds. The van der Waals surface area contributed by atoms with Crippen molar-refractivity contribution in [3.8, 4) is 0 Å². The zero-order chi connectivity index (χ0) is 15.5. The Morgan fingerprint density at radius 3 is 2.33 bits per heavy atom. The summed E-state index contributed by atoms with van der Waals surface area (Å²) in [5.41, 5.74) is 7.82. The van der Waals surface area contributed by atoms with Gasteiger partial charge in [-0.05, 0) is 49.0 Å². The Bertz CT molecular complexity index is 470. The Morgan fingerprint density at radius 1 is 1.24 bits per heavy atom. The second kappa shape index (κ2) is 6.58. The Kier molecular flexibility index (Phi) is 5.01. The van der Waals surface area contributed by atoms with Gasteiger partial charge in [0.15, 0.2) is 0 Å². The average molecular weight is 289 g/mol. The summed E-state index contributed by atoms with van der Waals surface area (Å²) in [5.74, 6) is -0.130. The van der Waals surface area contributed by atoms with E-state index in [0.717, 1.165) is 12.2 Å². The molecule has 0 radical (unpaired) electrons. The first kappa shape index (κ1) is 16.0. The van der Waals surface area contributed by atoms with Crippen molar-refractivity contribution < 1.29 is 4.79 Å². The van der Waals surface area contributed by atoms with E-state index >= 15 is 0 Å². The van der Waals surface area contributed by atoms with Gasteiger partial charge in [-0.15, -0.1) is 0 Å². The molecule has 21 heavy (non-hydrogen) atoms. The molecule has 0 saturated carbocycles. The summed E-state index contributed by atoms with van der Waals surface area (Å²) < 4.78 is 0. The van der Waals surface area contributed by atoms with Gasteiger partial charge < -0.3 is 11.1 Å². The van der Waals surface area contributed by atoms with E-state index in [4.69, 9.17) is 5.73 Å². The van der Waals surface area contributed by atoms with Crippen molar-refractivity contribution in [2.24, 2.45) is 11.1 Å². The molecule has 1 atom stereocenters. The van der Waals surface area contributed by atoms with Crippen molar-refractivity contribution in [3.05, 3.63) is 29.8 Å². The molecule has 0 bridgehead atoms. The maximum Gasteiger partial charge on any atom is 0.241 e. The molecule has 4 heteroatoms. The van der Waals surface area contributed by atoms with Gasteiger partial charge in [-0.25, -0.2) is 0 Å². The van der Waals surface area contributed by atoms with Crippen LogP contribution in [0.15, 0.2) is 24.3 Å². The average Bonchev–Trinajstić information content (AvgIpc) is 2.92. The first-order chi connectivity index (χ1) is 9.86. The third-order valence-corrected chi connectivity index (χ3v) is 4.04. The minimum atomic E-state index is -0.512. The molecule has 1 aromatic rings.